The number of likely N-dealkylation sites (N-methyl/N-ethyl adjacent to an activating group) is 2. The van der Waals surface area contributed by atoms with Gasteiger partial charge in [0.15, 0.2) is 5.78 Å². The average Bonchev–Trinajstić information content (AvgIpc) is 3.05. The molecule has 2 aromatic rings. The van der Waals surface area contributed by atoms with Gasteiger partial charge in [0.05, 0.1) is 0 Å². The van der Waals surface area contributed by atoms with E-state index in [0.717, 1.165) is 6.54 Å². The van der Waals surface area contributed by atoms with Gasteiger partial charge in [0, 0.05) is 49.2 Å². The van der Waals surface area contributed by atoms with Gasteiger partial charge >= 0.3 is 0 Å². The molecule has 0 radical (unpaired) electrons. The number of carbonyl (C=O) groups excluding carboxylic acids is 2. The van der Waals surface area contributed by atoms with Crippen LogP contribution in [0.3, 0.4) is 0 Å². The molecule has 110 valence electrons. The van der Waals surface area contributed by atoms with Crippen molar-refractivity contribution in [3.05, 3.63) is 59.4 Å². The van der Waals surface area contributed by atoms with Crippen molar-refractivity contribution in [3.63, 3.8) is 0 Å². The first-order chi connectivity index (χ1) is 10.1. The predicted molar refractivity (Wildman–Crippen MR) is 81.6 cm³/mol. The van der Waals surface area contributed by atoms with Crippen molar-refractivity contribution < 1.29 is 9.59 Å². The van der Waals surface area contributed by atoms with Crippen LogP contribution < -0.4 is 5.32 Å². The van der Waals surface area contributed by atoms with E-state index >= 15 is 0 Å². The van der Waals surface area contributed by atoms with E-state index in [9.17, 15) is 9.59 Å². The first kappa shape index (κ1) is 15.0. The number of amides is 1. The van der Waals surface area contributed by atoms with Crippen LogP contribution in [0.4, 0.5) is 0 Å². The molecule has 0 aliphatic rings. The summed E-state index contributed by atoms with van der Waals surface area (Å²) in [4.78, 5) is 28.8. The normalized spacial score (nSPS) is 10.4. The van der Waals surface area contributed by atoms with Crippen molar-refractivity contribution in [2.24, 2.45) is 0 Å². The Morgan fingerprint density at radius 1 is 1.10 bits per heavy atom. The van der Waals surface area contributed by atoms with E-state index in [1.54, 1.807) is 54.7 Å². The van der Waals surface area contributed by atoms with Gasteiger partial charge in [-0.2, -0.15) is 0 Å². The third-order valence-electron chi connectivity index (χ3n) is 3.30. The lowest BCUT2D eigenvalue weighted by atomic mass is 10.0. The number of aromatic nitrogens is 1. The summed E-state index contributed by atoms with van der Waals surface area (Å²) in [5, 5.41) is 3.00. The second-order valence-electron chi connectivity index (χ2n) is 4.84. The highest BCUT2D eigenvalue weighted by Gasteiger charge is 2.13. The molecule has 0 fully saturated rings. The van der Waals surface area contributed by atoms with Crippen LogP contribution >= 0.6 is 0 Å². The third kappa shape index (κ3) is 3.58. The van der Waals surface area contributed by atoms with Crippen LogP contribution in [0.2, 0.25) is 0 Å². The summed E-state index contributed by atoms with van der Waals surface area (Å²) in [7, 11) is 3.61. The Bertz CT molecular complexity index is 603. The molecule has 0 saturated heterocycles. The fourth-order valence-corrected chi connectivity index (χ4v) is 2.00. The van der Waals surface area contributed by atoms with Gasteiger partial charge in [-0.25, -0.2) is 0 Å². The van der Waals surface area contributed by atoms with Crippen LogP contribution in [0, 0.1) is 0 Å². The maximum Gasteiger partial charge on any atom is 0.253 e. The largest absolute Gasteiger partial charge is 0.367 e. The molecule has 0 aliphatic heterocycles. The van der Waals surface area contributed by atoms with Gasteiger partial charge in [0.2, 0.25) is 0 Å². The lowest BCUT2D eigenvalue weighted by molar-refractivity contribution is 0.0796. The standard InChI is InChI=1S/C16H19N3O2/c1-17-9-10-19(2)16(21)13-5-3-12(4-6-13)15(20)14-7-8-18-11-14/h3-8,11,17-18H,9-10H2,1-2H3. The maximum atomic E-state index is 12.2. The van der Waals surface area contributed by atoms with Crippen LogP contribution in [0.15, 0.2) is 42.7 Å². The number of nitrogens with one attached hydrogen (secondary N) is 2. The molecule has 0 aliphatic carbocycles. The number of H-pyrrole nitrogens is 1. The summed E-state index contributed by atoms with van der Waals surface area (Å²) in [6.07, 6.45) is 3.37. The summed E-state index contributed by atoms with van der Waals surface area (Å²) < 4.78 is 0. The summed E-state index contributed by atoms with van der Waals surface area (Å²) >= 11 is 0. The van der Waals surface area contributed by atoms with E-state index in [2.05, 4.69) is 10.3 Å². The zero-order chi connectivity index (χ0) is 15.2. The minimum atomic E-state index is -0.0567. The Morgan fingerprint density at radius 3 is 2.33 bits per heavy atom. The van der Waals surface area contributed by atoms with Crippen molar-refractivity contribution in [3.8, 4) is 0 Å². The lowest BCUT2D eigenvalue weighted by Crippen LogP contribution is -2.32. The molecule has 2 rings (SSSR count). The number of aromatic amines is 1. The van der Waals surface area contributed by atoms with Crippen LogP contribution in [-0.2, 0) is 0 Å². The first-order valence-electron chi connectivity index (χ1n) is 6.81. The smallest absolute Gasteiger partial charge is 0.253 e. The van der Waals surface area contributed by atoms with E-state index < -0.39 is 0 Å². The Labute approximate surface area is 124 Å². The Kier molecular flexibility index (Phi) is 4.90. The van der Waals surface area contributed by atoms with Gasteiger partial charge in [-0.05, 0) is 25.2 Å². The molecule has 0 unspecified atom stereocenters. The summed E-state index contributed by atoms with van der Waals surface area (Å²) in [5.74, 6) is -0.107. The molecule has 0 atom stereocenters. The monoisotopic (exact) mass is 285 g/mol. The molecule has 1 amide bonds. The van der Waals surface area contributed by atoms with E-state index in [-0.39, 0.29) is 11.7 Å². The highest BCUT2D eigenvalue weighted by atomic mass is 16.2. The zero-order valence-electron chi connectivity index (χ0n) is 12.2. The molecule has 1 heterocycles. The summed E-state index contributed by atoms with van der Waals surface area (Å²) in [5.41, 5.74) is 1.77. The number of ketones is 1. The third-order valence-corrected chi connectivity index (χ3v) is 3.30. The summed E-state index contributed by atoms with van der Waals surface area (Å²) in [6.45, 7) is 1.38. The van der Waals surface area contributed by atoms with Gasteiger partial charge in [-0.3, -0.25) is 9.59 Å². The van der Waals surface area contributed by atoms with E-state index in [1.807, 2.05) is 7.05 Å². The van der Waals surface area contributed by atoms with Crippen molar-refractivity contribution in [1.29, 1.82) is 0 Å². The second-order valence-corrected chi connectivity index (χ2v) is 4.84. The van der Waals surface area contributed by atoms with Crippen molar-refractivity contribution in [2.45, 2.75) is 0 Å². The molecule has 0 saturated carbocycles. The van der Waals surface area contributed by atoms with Gasteiger partial charge in [0.1, 0.15) is 0 Å². The molecule has 1 aromatic heterocycles. The molecule has 5 nitrogen and oxygen atoms in total. The fraction of sp³-hybridized carbons (Fsp3) is 0.250. The van der Waals surface area contributed by atoms with E-state index in [4.69, 9.17) is 0 Å². The average molecular weight is 285 g/mol. The minimum Gasteiger partial charge on any atom is -0.367 e. The van der Waals surface area contributed by atoms with Crippen LogP contribution in [-0.4, -0.2) is 48.8 Å². The fourth-order valence-electron chi connectivity index (χ4n) is 2.00. The van der Waals surface area contributed by atoms with E-state index in [1.165, 1.54) is 0 Å². The summed E-state index contributed by atoms with van der Waals surface area (Å²) in [6, 6.07) is 8.49. The second kappa shape index (κ2) is 6.85. The molecular formula is C16H19N3O2. The van der Waals surface area contributed by atoms with Crippen LogP contribution in [0.1, 0.15) is 26.3 Å². The Morgan fingerprint density at radius 2 is 1.76 bits per heavy atom. The molecule has 5 heteroatoms. The lowest BCUT2D eigenvalue weighted by Gasteiger charge is -2.16. The number of hydrogen-bond donors (Lipinski definition) is 2. The number of hydrogen-bond acceptors (Lipinski definition) is 3. The molecule has 2 N–H and O–H groups in total. The zero-order valence-corrected chi connectivity index (χ0v) is 12.2. The van der Waals surface area contributed by atoms with E-state index in [0.29, 0.717) is 23.2 Å². The number of rotatable bonds is 6. The highest BCUT2D eigenvalue weighted by Crippen LogP contribution is 2.11. The van der Waals surface area contributed by atoms with Gasteiger partial charge in [0.25, 0.3) is 5.91 Å². The van der Waals surface area contributed by atoms with Gasteiger partial charge in [-0.1, -0.05) is 12.1 Å². The van der Waals surface area contributed by atoms with Gasteiger partial charge < -0.3 is 15.2 Å². The Balaban J connectivity index is 2.08. The van der Waals surface area contributed by atoms with Crippen LogP contribution in [0.5, 0.6) is 0 Å². The minimum absolute atomic E-state index is 0.0501. The Hall–Kier alpha value is -2.40. The SMILES string of the molecule is CNCCN(C)C(=O)c1ccc(C(=O)c2cc[nH]c2)cc1. The molecule has 1 aromatic carbocycles. The van der Waals surface area contributed by atoms with Crippen molar-refractivity contribution in [1.82, 2.24) is 15.2 Å². The maximum absolute atomic E-state index is 12.2. The molecule has 0 bridgehead atoms. The number of carbonyl (C=O) groups is 2. The van der Waals surface area contributed by atoms with Gasteiger partial charge in [-0.15, -0.1) is 0 Å². The number of nitrogens with zero attached hydrogens (tertiary/aromatic N) is 1. The topological polar surface area (TPSA) is 65.2 Å². The molecule has 0 spiro atoms. The molecular weight excluding hydrogens is 266 g/mol. The van der Waals surface area contributed by atoms with Crippen molar-refractivity contribution in [2.75, 3.05) is 27.2 Å². The van der Waals surface area contributed by atoms with Crippen LogP contribution in [0.25, 0.3) is 0 Å². The first-order valence-corrected chi connectivity index (χ1v) is 6.81. The quantitative estimate of drug-likeness (QED) is 0.791. The number of benzene rings is 1. The highest BCUT2D eigenvalue weighted by molar-refractivity contribution is 6.09. The molecule has 21 heavy (non-hydrogen) atoms. The van der Waals surface area contributed by atoms with Crippen molar-refractivity contribution >= 4 is 11.7 Å². The predicted octanol–water partition coefficient (Wildman–Crippen LogP) is 1.54.